The van der Waals surface area contributed by atoms with Crippen LogP contribution in [0.1, 0.15) is 50.2 Å². The number of amides is 2. The number of aryl methyl sites for hydroxylation is 1. The Kier molecular flexibility index (Phi) is 9.87. The molecule has 4 rings (SSSR count). The third-order valence-electron chi connectivity index (χ3n) is 7.26. The van der Waals surface area contributed by atoms with Gasteiger partial charge in [-0.2, -0.15) is 0 Å². The molecular formula is C31H36ClN3O4S. The first kappa shape index (κ1) is 29.6. The maximum atomic E-state index is 14.0. The van der Waals surface area contributed by atoms with Crippen molar-refractivity contribution in [3.05, 3.63) is 95.0 Å². The number of carbonyl (C=O) groups is 2. The molecule has 0 saturated heterocycles. The van der Waals surface area contributed by atoms with E-state index in [0.29, 0.717) is 10.7 Å². The Morgan fingerprint density at radius 1 is 0.950 bits per heavy atom. The summed E-state index contributed by atoms with van der Waals surface area (Å²) in [6.07, 6.45) is 5.11. The number of carbonyl (C=O) groups excluding carboxylic acids is 2. The summed E-state index contributed by atoms with van der Waals surface area (Å²) < 4.78 is 28.8. The fourth-order valence-electron chi connectivity index (χ4n) is 5.01. The molecule has 3 aromatic rings. The molecule has 7 nitrogen and oxygen atoms in total. The van der Waals surface area contributed by atoms with Crippen molar-refractivity contribution in [1.82, 2.24) is 10.2 Å². The largest absolute Gasteiger partial charge is 0.352 e. The van der Waals surface area contributed by atoms with Crippen molar-refractivity contribution in [3.63, 3.8) is 0 Å². The van der Waals surface area contributed by atoms with E-state index in [0.717, 1.165) is 47.5 Å². The van der Waals surface area contributed by atoms with E-state index in [9.17, 15) is 18.0 Å². The summed E-state index contributed by atoms with van der Waals surface area (Å²) >= 11 is 6.22. The van der Waals surface area contributed by atoms with Gasteiger partial charge >= 0.3 is 0 Å². The second-order valence-electron chi connectivity index (χ2n) is 10.3. The van der Waals surface area contributed by atoms with E-state index in [1.54, 1.807) is 61.5 Å². The maximum Gasteiger partial charge on any atom is 0.264 e. The van der Waals surface area contributed by atoms with Crippen molar-refractivity contribution in [1.29, 1.82) is 0 Å². The molecule has 2 amide bonds. The fraction of sp³-hybridized carbons (Fsp3) is 0.355. The molecule has 1 aliphatic carbocycles. The van der Waals surface area contributed by atoms with Crippen LogP contribution < -0.4 is 9.62 Å². The number of hydrogen-bond acceptors (Lipinski definition) is 4. The van der Waals surface area contributed by atoms with Crippen LogP contribution in [0.3, 0.4) is 0 Å². The first-order valence-corrected chi connectivity index (χ1v) is 15.5. The Balaban J connectivity index is 1.67. The molecule has 0 aromatic heterocycles. The summed E-state index contributed by atoms with van der Waals surface area (Å²) in [7, 11) is -4.08. The Labute approximate surface area is 242 Å². The highest BCUT2D eigenvalue weighted by atomic mass is 35.5. The summed E-state index contributed by atoms with van der Waals surface area (Å²) in [6.45, 7) is 3.18. The molecule has 1 fully saturated rings. The Bertz CT molecular complexity index is 1430. The Morgan fingerprint density at radius 2 is 1.65 bits per heavy atom. The lowest BCUT2D eigenvalue weighted by Gasteiger charge is -2.33. The number of hydrogen-bond donors (Lipinski definition) is 1. The average Bonchev–Trinajstić information content (AvgIpc) is 2.95. The number of nitrogens with zero attached hydrogens (tertiary/aromatic N) is 2. The highest BCUT2D eigenvalue weighted by Gasteiger charge is 2.33. The second-order valence-corrected chi connectivity index (χ2v) is 12.6. The highest BCUT2D eigenvalue weighted by molar-refractivity contribution is 7.92. The molecule has 1 saturated carbocycles. The van der Waals surface area contributed by atoms with E-state index in [4.69, 9.17) is 11.6 Å². The third-order valence-corrected chi connectivity index (χ3v) is 9.28. The van der Waals surface area contributed by atoms with Gasteiger partial charge in [0.05, 0.1) is 10.6 Å². The monoisotopic (exact) mass is 581 g/mol. The van der Waals surface area contributed by atoms with Gasteiger partial charge in [-0.3, -0.25) is 13.9 Å². The lowest BCUT2D eigenvalue weighted by molar-refractivity contribution is -0.139. The second kappa shape index (κ2) is 13.3. The SMILES string of the molecule is Cc1cccc(N(CC(=O)N(Cc2cccc(Cl)c2)[C@@H](C)C(=O)NC2CCCCC2)S(=O)(=O)c2ccccc2)c1. The van der Waals surface area contributed by atoms with Gasteiger partial charge in [-0.25, -0.2) is 8.42 Å². The van der Waals surface area contributed by atoms with Crippen molar-refractivity contribution in [3.8, 4) is 0 Å². The number of halogens is 1. The molecule has 0 heterocycles. The number of anilines is 1. The Hall–Kier alpha value is -3.36. The van der Waals surface area contributed by atoms with E-state index in [1.165, 1.54) is 17.0 Å². The zero-order valence-corrected chi connectivity index (χ0v) is 24.5. The van der Waals surface area contributed by atoms with Crippen LogP contribution in [-0.4, -0.2) is 43.8 Å². The number of rotatable bonds is 10. The normalized spacial score (nSPS) is 14.8. The molecule has 212 valence electrons. The van der Waals surface area contributed by atoms with Crippen LogP contribution in [0.4, 0.5) is 5.69 Å². The summed E-state index contributed by atoms with van der Waals surface area (Å²) in [6, 6.07) is 21.4. The fourth-order valence-corrected chi connectivity index (χ4v) is 6.65. The molecule has 40 heavy (non-hydrogen) atoms. The number of benzene rings is 3. The lowest BCUT2D eigenvalue weighted by Crippen LogP contribution is -2.53. The van der Waals surface area contributed by atoms with Gasteiger partial charge < -0.3 is 10.2 Å². The number of sulfonamides is 1. The maximum absolute atomic E-state index is 14.0. The first-order valence-electron chi connectivity index (χ1n) is 13.6. The van der Waals surface area contributed by atoms with Crippen LogP contribution in [0.5, 0.6) is 0 Å². The van der Waals surface area contributed by atoms with Crippen LogP contribution in [-0.2, 0) is 26.2 Å². The minimum Gasteiger partial charge on any atom is -0.352 e. The zero-order chi connectivity index (χ0) is 28.7. The highest BCUT2D eigenvalue weighted by Crippen LogP contribution is 2.26. The molecule has 0 radical (unpaired) electrons. The van der Waals surface area contributed by atoms with Crippen molar-refractivity contribution >= 4 is 39.1 Å². The Morgan fingerprint density at radius 3 is 2.33 bits per heavy atom. The average molecular weight is 582 g/mol. The van der Waals surface area contributed by atoms with Crippen LogP contribution in [0.25, 0.3) is 0 Å². The molecule has 0 spiro atoms. The van der Waals surface area contributed by atoms with Crippen LogP contribution >= 0.6 is 11.6 Å². The van der Waals surface area contributed by atoms with E-state index >= 15 is 0 Å². The van der Waals surface area contributed by atoms with Gasteiger partial charge in [0.15, 0.2) is 0 Å². The van der Waals surface area contributed by atoms with Gasteiger partial charge in [-0.15, -0.1) is 0 Å². The van der Waals surface area contributed by atoms with Gasteiger partial charge in [0.2, 0.25) is 11.8 Å². The predicted octanol–water partition coefficient (Wildman–Crippen LogP) is 5.71. The lowest BCUT2D eigenvalue weighted by atomic mass is 9.95. The summed E-state index contributed by atoms with van der Waals surface area (Å²) in [5, 5.41) is 3.62. The topological polar surface area (TPSA) is 86.8 Å². The first-order chi connectivity index (χ1) is 19.1. The van der Waals surface area contributed by atoms with Crippen molar-refractivity contribution in [2.24, 2.45) is 0 Å². The summed E-state index contributed by atoms with van der Waals surface area (Å²) in [5.74, 6) is -0.748. The standard InChI is InChI=1S/C31H36ClN3O4S/c1-23-11-9-16-28(19-23)35(40(38,39)29-17-7-4-8-18-29)22-30(36)34(21-25-12-10-13-26(32)20-25)24(2)31(37)33-27-14-5-3-6-15-27/h4,7-13,16-20,24,27H,3,5-6,14-15,21-22H2,1-2H3,(H,33,37)/t24-/m0/s1. The van der Waals surface area contributed by atoms with Crippen LogP contribution in [0.2, 0.25) is 5.02 Å². The van der Waals surface area contributed by atoms with E-state index < -0.39 is 28.5 Å². The smallest absolute Gasteiger partial charge is 0.264 e. The molecular weight excluding hydrogens is 546 g/mol. The van der Waals surface area contributed by atoms with E-state index in [1.807, 2.05) is 19.1 Å². The molecule has 1 N–H and O–H groups in total. The molecule has 1 atom stereocenters. The van der Waals surface area contributed by atoms with E-state index in [-0.39, 0.29) is 23.4 Å². The summed E-state index contributed by atoms with van der Waals surface area (Å²) in [4.78, 5) is 28.9. The molecule has 0 aliphatic heterocycles. The van der Waals surface area contributed by atoms with Crippen molar-refractivity contribution in [2.45, 2.75) is 69.5 Å². The van der Waals surface area contributed by atoms with E-state index in [2.05, 4.69) is 5.32 Å². The van der Waals surface area contributed by atoms with Gasteiger partial charge in [-0.05, 0) is 74.2 Å². The molecule has 0 bridgehead atoms. The zero-order valence-electron chi connectivity index (χ0n) is 22.9. The van der Waals surface area contributed by atoms with Crippen molar-refractivity contribution in [2.75, 3.05) is 10.8 Å². The predicted molar refractivity (Wildman–Crippen MR) is 159 cm³/mol. The molecule has 0 unspecified atom stereocenters. The molecule has 3 aromatic carbocycles. The van der Waals surface area contributed by atoms with Gasteiger partial charge in [0, 0.05) is 17.6 Å². The van der Waals surface area contributed by atoms with Crippen LogP contribution in [0, 0.1) is 6.92 Å². The number of nitrogens with one attached hydrogen (secondary N) is 1. The van der Waals surface area contributed by atoms with Crippen molar-refractivity contribution < 1.29 is 18.0 Å². The van der Waals surface area contributed by atoms with Gasteiger partial charge in [-0.1, -0.05) is 73.3 Å². The van der Waals surface area contributed by atoms with Gasteiger partial charge in [0.25, 0.3) is 10.0 Å². The van der Waals surface area contributed by atoms with Crippen LogP contribution in [0.15, 0.2) is 83.8 Å². The van der Waals surface area contributed by atoms with Gasteiger partial charge in [0.1, 0.15) is 12.6 Å². The molecule has 1 aliphatic rings. The summed E-state index contributed by atoms with van der Waals surface area (Å²) in [5.41, 5.74) is 1.97. The third kappa shape index (κ3) is 7.43. The minimum atomic E-state index is -4.08. The molecule has 9 heteroatoms. The quantitative estimate of drug-likeness (QED) is 0.332. The minimum absolute atomic E-state index is 0.0776.